The van der Waals surface area contributed by atoms with Crippen LogP contribution in [0.5, 0.6) is 0 Å². The summed E-state index contributed by atoms with van der Waals surface area (Å²) in [5.41, 5.74) is 16.8. The van der Waals surface area contributed by atoms with Crippen LogP contribution in [0.4, 0.5) is 0 Å². The Kier molecular flexibility index (Phi) is 11.8. The summed E-state index contributed by atoms with van der Waals surface area (Å²) in [4.78, 5) is 21.4. The van der Waals surface area contributed by atoms with Crippen LogP contribution in [-0.2, 0) is 0 Å². The molecule has 6 heterocycles. The third-order valence-corrected chi connectivity index (χ3v) is 18.1. The summed E-state index contributed by atoms with van der Waals surface area (Å²) >= 11 is 0. The topological polar surface area (TPSA) is 119 Å². The second-order valence-electron chi connectivity index (χ2n) is 23.1. The largest absolute Gasteiger partial charge is 0.309 e. The van der Waals surface area contributed by atoms with Crippen molar-refractivity contribution in [3.05, 3.63) is 302 Å². The van der Waals surface area contributed by atoms with E-state index in [-0.39, 0.29) is 0 Å². The molecule has 0 fully saturated rings. The van der Waals surface area contributed by atoms with Gasteiger partial charge in [0, 0.05) is 76.7 Å². The molecule has 0 spiro atoms. The van der Waals surface area contributed by atoms with Crippen molar-refractivity contribution >= 4 is 87.2 Å². The molecule has 6 aromatic heterocycles. The van der Waals surface area contributed by atoms with Gasteiger partial charge in [-0.1, -0.05) is 224 Å². The first kappa shape index (κ1) is 52.1. The van der Waals surface area contributed by atoms with E-state index in [4.69, 9.17) is 19.9 Å². The summed E-state index contributed by atoms with van der Waals surface area (Å²) in [5.74, 6) is 2.00. The van der Waals surface area contributed by atoms with Crippen LogP contribution in [0.15, 0.2) is 291 Å². The summed E-state index contributed by atoms with van der Waals surface area (Å²) in [5, 5.41) is 31.6. The number of benzene rings is 12. The molecule has 0 bridgehead atoms. The fraction of sp³-hybridized carbons (Fsp3) is 0. The summed E-state index contributed by atoms with van der Waals surface area (Å²) in [7, 11) is 0. The average molecular weight is 1170 g/mol. The lowest BCUT2D eigenvalue weighted by Gasteiger charge is -2.16. The first-order chi connectivity index (χ1) is 45.6. The molecule has 0 aliphatic heterocycles. The van der Waals surface area contributed by atoms with E-state index in [0.29, 0.717) is 45.8 Å². The van der Waals surface area contributed by atoms with Gasteiger partial charge in [-0.3, -0.25) is 9.13 Å². The maximum atomic E-state index is 11.8. The number of aromatic nitrogens is 8. The molecule has 426 valence electrons. The first-order valence-electron chi connectivity index (χ1n) is 30.6. The molecule has 18 rings (SSSR count). The minimum absolute atomic E-state index is 0.351. The van der Waals surface area contributed by atoms with Crippen molar-refractivity contribution in [3.63, 3.8) is 0 Å². The molecule has 0 atom stereocenters. The molecule has 12 aromatic carbocycles. The summed E-state index contributed by atoms with van der Waals surface area (Å²) in [6, 6.07) is 106. The van der Waals surface area contributed by atoms with E-state index in [0.717, 1.165) is 132 Å². The number of hydrogen-bond acceptors (Lipinski definition) is 6. The lowest BCUT2D eigenvalue weighted by molar-refractivity contribution is 1.03. The zero-order valence-corrected chi connectivity index (χ0v) is 49.2. The summed E-state index contributed by atoms with van der Waals surface area (Å²) in [6.07, 6.45) is 0. The highest BCUT2D eigenvalue weighted by Gasteiger charge is 2.29. The molecule has 0 unspecified atom stereocenters. The SMILES string of the molecule is N#Cc1c(-c2cccc(-c3ccc4c(c3)c3ccc5c6ccccc6n(-c6nc(-c7ccccc7)nc(-c7ccccc7)c6C#N)c5c3n4-c3ccccc3)c2)nc(-c2ccccc2)nc1-n1c2ccccc2c2ccc3c(c4ccccc4n3-c3ccccc3)c21. The molecule has 0 radical (unpaired) electrons. The molecule has 0 aliphatic rings. The molecule has 0 N–H and O–H groups in total. The van der Waals surface area contributed by atoms with Gasteiger partial charge in [0.1, 0.15) is 23.3 Å². The van der Waals surface area contributed by atoms with Gasteiger partial charge in [-0.15, -0.1) is 0 Å². The molecule has 92 heavy (non-hydrogen) atoms. The third-order valence-electron chi connectivity index (χ3n) is 18.1. The van der Waals surface area contributed by atoms with Gasteiger partial charge in [0.25, 0.3) is 0 Å². The van der Waals surface area contributed by atoms with E-state index in [1.165, 1.54) is 0 Å². The Balaban J connectivity index is 0.873. The highest BCUT2D eigenvalue weighted by molar-refractivity contribution is 6.27. The van der Waals surface area contributed by atoms with Crippen molar-refractivity contribution in [2.75, 3.05) is 0 Å². The van der Waals surface area contributed by atoms with Crippen molar-refractivity contribution in [2.45, 2.75) is 0 Å². The molecule has 10 heteroatoms. The summed E-state index contributed by atoms with van der Waals surface area (Å²) < 4.78 is 9.07. The Morgan fingerprint density at radius 1 is 0.250 bits per heavy atom. The molecular weight excluding hydrogens is 1120 g/mol. The Labute approximate surface area is 526 Å². The predicted octanol–water partition coefficient (Wildman–Crippen LogP) is 19.7. The van der Waals surface area contributed by atoms with Gasteiger partial charge >= 0.3 is 0 Å². The fourth-order valence-electron chi connectivity index (χ4n) is 14.1. The lowest BCUT2D eigenvalue weighted by Crippen LogP contribution is -2.07. The van der Waals surface area contributed by atoms with Crippen molar-refractivity contribution < 1.29 is 0 Å². The number of nitrogens with zero attached hydrogens (tertiary/aromatic N) is 10. The molecule has 0 saturated carbocycles. The van der Waals surface area contributed by atoms with E-state index in [1.54, 1.807) is 0 Å². The van der Waals surface area contributed by atoms with Gasteiger partial charge in [-0.2, -0.15) is 10.5 Å². The van der Waals surface area contributed by atoms with Gasteiger partial charge < -0.3 is 9.13 Å². The van der Waals surface area contributed by atoms with E-state index in [9.17, 15) is 10.5 Å². The van der Waals surface area contributed by atoms with Crippen LogP contribution in [-0.4, -0.2) is 38.2 Å². The van der Waals surface area contributed by atoms with Crippen molar-refractivity contribution in [1.82, 2.24) is 38.2 Å². The number of fused-ring (bicyclic) bond motifs is 14. The molecular formula is C82H48N10. The second-order valence-corrected chi connectivity index (χ2v) is 23.1. The Hall–Kier alpha value is -13.0. The van der Waals surface area contributed by atoms with Gasteiger partial charge in [0.05, 0.1) is 55.5 Å². The van der Waals surface area contributed by atoms with Crippen molar-refractivity contribution in [2.24, 2.45) is 0 Å². The van der Waals surface area contributed by atoms with E-state index in [2.05, 4.69) is 206 Å². The fourth-order valence-corrected chi connectivity index (χ4v) is 14.1. The second kappa shape index (κ2) is 20.8. The van der Waals surface area contributed by atoms with Gasteiger partial charge in [-0.05, 0) is 77.9 Å². The van der Waals surface area contributed by atoms with Crippen LogP contribution in [0.25, 0.3) is 167 Å². The van der Waals surface area contributed by atoms with Gasteiger partial charge in [-0.25, -0.2) is 19.9 Å². The smallest absolute Gasteiger partial charge is 0.162 e. The standard InChI is InChI=1S/C82H48N10/c83-49-66-74(51-23-6-1-7-24-51)85-79(52-25-8-2-9-26-52)88-82(66)92-69-39-20-17-36-60(69)62-42-43-63-65-48-55(41-45-71(65)90(77(63)78(62)92)58-33-14-5-15-34-58)54-29-22-30-56(47-54)75-67(50-84)81(87-80(86-75)53-27-10-3-11-28-53)91-68-38-19-16-35-59(68)61-44-46-72-73(76(61)91)64-37-18-21-40-70(64)89(72)57-31-12-4-13-32-57/h1-48H. The Morgan fingerprint density at radius 2 is 0.641 bits per heavy atom. The van der Waals surface area contributed by atoms with E-state index >= 15 is 0 Å². The number of para-hydroxylation sites is 5. The van der Waals surface area contributed by atoms with Crippen LogP contribution >= 0.6 is 0 Å². The summed E-state index contributed by atoms with van der Waals surface area (Å²) in [6.45, 7) is 0. The molecule has 0 aliphatic carbocycles. The highest BCUT2D eigenvalue weighted by atomic mass is 15.1. The zero-order chi connectivity index (χ0) is 61.0. The Bertz CT molecular complexity index is 6130. The number of nitriles is 2. The van der Waals surface area contributed by atoms with Crippen LogP contribution in [0, 0.1) is 22.7 Å². The van der Waals surface area contributed by atoms with Crippen molar-refractivity contribution in [3.8, 4) is 91.6 Å². The first-order valence-corrected chi connectivity index (χ1v) is 30.6. The normalized spacial score (nSPS) is 11.7. The minimum atomic E-state index is 0.351. The van der Waals surface area contributed by atoms with Crippen LogP contribution in [0.1, 0.15) is 11.1 Å². The predicted molar refractivity (Wildman–Crippen MR) is 372 cm³/mol. The molecule has 10 nitrogen and oxygen atoms in total. The van der Waals surface area contributed by atoms with Crippen LogP contribution in [0.3, 0.4) is 0 Å². The van der Waals surface area contributed by atoms with Crippen LogP contribution < -0.4 is 0 Å². The number of hydrogen-bond donors (Lipinski definition) is 0. The lowest BCUT2D eigenvalue weighted by atomic mass is 9.98. The maximum Gasteiger partial charge on any atom is 0.162 e. The molecule has 0 amide bonds. The average Bonchev–Trinajstić information content (AvgIpc) is 1.55. The van der Waals surface area contributed by atoms with Crippen LogP contribution in [0.2, 0.25) is 0 Å². The molecule has 0 saturated heterocycles. The highest BCUT2D eigenvalue weighted by Crippen LogP contribution is 2.46. The number of rotatable bonds is 9. The quantitative estimate of drug-likeness (QED) is 0.142. The van der Waals surface area contributed by atoms with Gasteiger partial charge in [0.15, 0.2) is 23.3 Å². The third kappa shape index (κ3) is 7.91. The van der Waals surface area contributed by atoms with E-state index < -0.39 is 0 Å². The zero-order valence-electron chi connectivity index (χ0n) is 49.2. The van der Waals surface area contributed by atoms with Crippen molar-refractivity contribution in [1.29, 1.82) is 10.5 Å². The minimum Gasteiger partial charge on any atom is -0.309 e. The Morgan fingerprint density at radius 3 is 1.22 bits per heavy atom. The van der Waals surface area contributed by atoms with Gasteiger partial charge in [0.2, 0.25) is 0 Å². The monoisotopic (exact) mass is 1170 g/mol. The van der Waals surface area contributed by atoms with E-state index in [1.807, 2.05) is 115 Å². The molecule has 18 aromatic rings. The maximum absolute atomic E-state index is 11.8.